The molecule has 0 spiro atoms. The van der Waals surface area contributed by atoms with Gasteiger partial charge in [0.15, 0.2) is 0 Å². The Labute approximate surface area is 132 Å². The quantitative estimate of drug-likeness (QED) is 0.873. The number of carboxylic acid groups (broad SMARTS) is 1. The molecular weight excluding hydrogens is 336 g/mol. The summed E-state index contributed by atoms with van der Waals surface area (Å²) in [5.41, 5.74) is 2.40. The van der Waals surface area contributed by atoms with Crippen molar-refractivity contribution in [1.29, 1.82) is 0 Å². The van der Waals surface area contributed by atoms with Crippen molar-refractivity contribution in [3.05, 3.63) is 33.8 Å². The van der Waals surface area contributed by atoms with Crippen molar-refractivity contribution in [2.75, 3.05) is 6.54 Å². The number of rotatable bonds is 4. The molecule has 0 bridgehead atoms. The molecule has 0 aromatic heterocycles. The van der Waals surface area contributed by atoms with Gasteiger partial charge in [-0.25, -0.2) is 4.79 Å². The predicted molar refractivity (Wildman–Crippen MR) is 83.1 cm³/mol. The Morgan fingerprint density at radius 1 is 1.48 bits per heavy atom. The molecule has 0 saturated heterocycles. The zero-order valence-electron chi connectivity index (χ0n) is 11.9. The summed E-state index contributed by atoms with van der Waals surface area (Å²) in [4.78, 5) is 24.6. The molecule has 0 radical (unpaired) electrons. The number of nitrogens with zero attached hydrogens (tertiary/aromatic N) is 1. The molecule has 5 nitrogen and oxygen atoms in total. The van der Waals surface area contributed by atoms with Gasteiger partial charge in [0.05, 0.1) is 6.42 Å². The van der Waals surface area contributed by atoms with Crippen LogP contribution in [0.4, 0.5) is 4.79 Å². The van der Waals surface area contributed by atoms with Crippen LogP contribution in [0.2, 0.25) is 0 Å². The van der Waals surface area contributed by atoms with Crippen molar-refractivity contribution in [3.63, 3.8) is 0 Å². The summed E-state index contributed by atoms with van der Waals surface area (Å²) in [7, 11) is 0. The summed E-state index contributed by atoms with van der Waals surface area (Å²) in [6, 6.07) is 5.97. The second-order valence-corrected chi connectivity index (χ2v) is 6.00. The number of amides is 2. The van der Waals surface area contributed by atoms with E-state index in [-0.39, 0.29) is 25.0 Å². The largest absolute Gasteiger partial charge is 0.481 e. The molecule has 1 heterocycles. The van der Waals surface area contributed by atoms with E-state index in [0.29, 0.717) is 6.54 Å². The minimum atomic E-state index is -0.907. The highest BCUT2D eigenvalue weighted by Gasteiger charge is 2.29. The Hall–Kier alpha value is -1.56. The van der Waals surface area contributed by atoms with Crippen molar-refractivity contribution in [1.82, 2.24) is 10.2 Å². The van der Waals surface area contributed by atoms with Crippen LogP contribution >= 0.6 is 15.9 Å². The molecule has 6 heteroatoms. The second kappa shape index (κ2) is 6.93. The number of hydrogen-bond donors (Lipinski definition) is 2. The minimum Gasteiger partial charge on any atom is -0.481 e. The van der Waals surface area contributed by atoms with Crippen molar-refractivity contribution in [3.8, 4) is 0 Å². The molecule has 114 valence electrons. The van der Waals surface area contributed by atoms with Gasteiger partial charge < -0.3 is 15.3 Å². The van der Waals surface area contributed by atoms with E-state index in [2.05, 4.69) is 28.2 Å². The standard InChI is InChI=1S/C15H19BrN2O3/c1-2-11-8-12-10(4-3-5-13(12)16)9-18(11)15(21)17-7-6-14(19)20/h3-5,11H,2,6-9H2,1H3,(H,17,21)(H,19,20). The van der Waals surface area contributed by atoms with E-state index in [1.165, 1.54) is 5.56 Å². The first-order valence-corrected chi connectivity index (χ1v) is 7.84. The lowest BCUT2D eigenvalue weighted by Crippen LogP contribution is -2.49. The van der Waals surface area contributed by atoms with Gasteiger partial charge in [-0.1, -0.05) is 35.0 Å². The molecule has 1 aliphatic rings. The number of halogens is 1. The Bertz CT molecular complexity index is 548. The number of nitrogens with one attached hydrogen (secondary N) is 1. The van der Waals surface area contributed by atoms with Gasteiger partial charge in [-0.2, -0.15) is 0 Å². The first kappa shape index (κ1) is 15.8. The highest BCUT2D eigenvalue weighted by molar-refractivity contribution is 9.10. The van der Waals surface area contributed by atoms with E-state index in [1.807, 2.05) is 18.2 Å². The number of carbonyl (C=O) groups excluding carboxylic acids is 1. The number of fused-ring (bicyclic) bond motifs is 1. The monoisotopic (exact) mass is 354 g/mol. The van der Waals surface area contributed by atoms with Gasteiger partial charge in [-0.15, -0.1) is 0 Å². The maximum Gasteiger partial charge on any atom is 0.317 e. The molecule has 1 atom stereocenters. The third-order valence-electron chi connectivity index (χ3n) is 3.78. The lowest BCUT2D eigenvalue weighted by Gasteiger charge is -2.37. The molecule has 2 rings (SSSR count). The van der Waals surface area contributed by atoms with E-state index in [1.54, 1.807) is 4.90 Å². The fourth-order valence-corrected chi connectivity index (χ4v) is 3.19. The lowest BCUT2D eigenvalue weighted by atomic mass is 9.93. The topological polar surface area (TPSA) is 69.6 Å². The van der Waals surface area contributed by atoms with Gasteiger partial charge >= 0.3 is 12.0 Å². The molecule has 21 heavy (non-hydrogen) atoms. The molecule has 0 saturated carbocycles. The van der Waals surface area contributed by atoms with Crippen molar-refractivity contribution in [2.24, 2.45) is 0 Å². The molecule has 0 aliphatic carbocycles. The van der Waals surface area contributed by atoms with Crippen LogP contribution in [0.3, 0.4) is 0 Å². The molecule has 1 aromatic carbocycles. The number of hydrogen-bond acceptors (Lipinski definition) is 2. The fraction of sp³-hybridized carbons (Fsp3) is 0.467. The number of benzene rings is 1. The van der Waals surface area contributed by atoms with Crippen LogP contribution in [0, 0.1) is 0 Å². The predicted octanol–water partition coefficient (Wildman–Crippen LogP) is 2.77. The normalized spacial score (nSPS) is 17.2. The maximum atomic E-state index is 12.3. The smallest absolute Gasteiger partial charge is 0.317 e. The lowest BCUT2D eigenvalue weighted by molar-refractivity contribution is -0.136. The molecule has 1 aliphatic heterocycles. The average Bonchev–Trinajstić information content (AvgIpc) is 2.46. The van der Waals surface area contributed by atoms with E-state index in [4.69, 9.17) is 5.11 Å². The summed E-state index contributed by atoms with van der Waals surface area (Å²) < 4.78 is 1.09. The van der Waals surface area contributed by atoms with Crippen LogP contribution in [0.5, 0.6) is 0 Å². The fourth-order valence-electron chi connectivity index (χ4n) is 2.62. The van der Waals surface area contributed by atoms with Gasteiger partial charge in [0.25, 0.3) is 0 Å². The van der Waals surface area contributed by atoms with E-state index < -0.39 is 5.97 Å². The highest BCUT2D eigenvalue weighted by atomic mass is 79.9. The molecular formula is C15H19BrN2O3. The van der Waals surface area contributed by atoms with E-state index in [0.717, 1.165) is 22.9 Å². The van der Waals surface area contributed by atoms with Crippen LogP contribution in [0.25, 0.3) is 0 Å². The van der Waals surface area contributed by atoms with Gasteiger partial charge in [-0.05, 0) is 30.0 Å². The van der Waals surface area contributed by atoms with Gasteiger partial charge in [-0.3, -0.25) is 4.79 Å². The zero-order chi connectivity index (χ0) is 15.4. The Morgan fingerprint density at radius 3 is 2.90 bits per heavy atom. The Morgan fingerprint density at radius 2 is 2.24 bits per heavy atom. The van der Waals surface area contributed by atoms with Crippen molar-refractivity contribution < 1.29 is 14.7 Å². The molecule has 0 fully saturated rings. The van der Waals surface area contributed by atoms with Gasteiger partial charge in [0.1, 0.15) is 0 Å². The van der Waals surface area contributed by atoms with E-state index >= 15 is 0 Å². The van der Waals surface area contributed by atoms with Crippen LogP contribution in [0.1, 0.15) is 30.9 Å². The van der Waals surface area contributed by atoms with Crippen LogP contribution in [0.15, 0.2) is 22.7 Å². The minimum absolute atomic E-state index is 0.0570. The third kappa shape index (κ3) is 3.75. The number of urea groups is 1. The first-order chi connectivity index (χ1) is 10.0. The van der Waals surface area contributed by atoms with Crippen molar-refractivity contribution in [2.45, 2.75) is 38.8 Å². The van der Waals surface area contributed by atoms with Gasteiger partial charge in [0.2, 0.25) is 0 Å². The summed E-state index contributed by atoms with van der Waals surface area (Å²) in [6.07, 6.45) is 1.63. The Balaban J connectivity index is 2.09. The van der Waals surface area contributed by atoms with Crippen LogP contribution in [-0.2, 0) is 17.8 Å². The molecule has 1 aromatic rings. The van der Waals surface area contributed by atoms with Crippen LogP contribution < -0.4 is 5.32 Å². The van der Waals surface area contributed by atoms with Gasteiger partial charge in [0, 0.05) is 23.6 Å². The summed E-state index contributed by atoms with van der Waals surface area (Å²) in [5.74, 6) is -0.907. The molecule has 2 N–H and O–H groups in total. The van der Waals surface area contributed by atoms with Crippen LogP contribution in [-0.4, -0.2) is 34.6 Å². The van der Waals surface area contributed by atoms with E-state index in [9.17, 15) is 9.59 Å². The molecule has 1 unspecified atom stereocenters. The Kier molecular flexibility index (Phi) is 5.22. The number of aliphatic carboxylic acids is 1. The van der Waals surface area contributed by atoms with Crippen molar-refractivity contribution >= 4 is 27.9 Å². The average molecular weight is 355 g/mol. The summed E-state index contributed by atoms with van der Waals surface area (Å²) >= 11 is 3.57. The third-order valence-corrected chi connectivity index (χ3v) is 4.53. The zero-order valence-corrected chi connectivity index (χ0v) is 13.5. The molecule has 2 amide bonds. The first-order valence-electron chi connectivity index (χ1n) is 7.05. The maximum absolute atomic E-state index is 12.3. The summed E-state index contributed by atoms with van der Waals surface area (Å²) in [5, 5.41) is 11.3. The highest BCUT2D eigenvalue weighted by Crippen LogP contribution is 2.30. The number of carboxylic acids is 1. The summed E-state index contributed by atoms with van der Waals surface area (Å²) in [6.45, 7) is 2.78. The second-order valence-electron chi connectivity index (χ2n) is 5.15. The SMILES string of the molecule is CCC1Cc2c(Br)cccc2CN1C(=O)NCCC(=O)O. The number of carbonyl (C=O) groups is 2.